The van der Waals surface area contributed by atoms with E-state index in [-0.39, 0.29) is 6.42 Å². The van der Waals surface area contributed by atoms with E-state index >= 15 is 0 Å². The fourth-order valence-corrected chi connectivity index (χ4v) is 1.74. The Balaban J connectivity index is 1.99. The Bertz CT molecular complexity index is 580. The van der Waals surface area contributed by atoms with Crippen LogP contribution in [0.5, 0.6) is 5.75 Å². The first-order valence-electron chi connectivity index (χ1n) is 6.09. The molecule has 7 nitrogen and oxygen atoms in total. The molecule has 0 saturated carbocycles. The minimum absolute atomic E-state index is 0.165. The van der Waals surface area contributed by atoms with Gasteiger partial charge in [-0.1, -0.05) is 17.3 Å². The monoisotopic (exact) mass is 276 g/mol. The molecular formula is C13H16N4O3. The molecule has 0 aliphatic rings. The molecule has 0 spiro atoms. The molecule has 0 amide bonds. The van der Waals surface area contributed by atoms with Crippen LogP contribution in [0.2, 0.25) is 0 Å². The number of hydrogen-bond donors (Lipinski definition) is 2. The van der Waals surface area contributed by atoms with Crippen molar-refractivity contribution in [3.8, 4) is 5.75 Å². The lowest BCUT2D eigenvalue weighted by molar-refractivity contribution is -0.138. The van der Waals surface area contributed by atoms with Crippen LogP contribution in [0.4, 0.5) is 0 Å². The Morgan fingerprint density at radius 1 is 1.45 bits per heavy atom. The number of benzene rings is 1. The number of ether oxygens (including phenoxy) is 1. The molecule has 1 aromatic carbocycles. The van der Waals surface area contributed by atoms with Crippen LogP contribution in [0.15, 0.2) is 30.5 Å². The van der Waals surface area contributed by atoms with E-state index in [1.165, 1.54) is 0 Å². The van der Waals surface area contributed by atoms with Gasteiger partial charge in [-0.2, -0.15) is 0 Å². The quantitative estimate of drug-likeness (QED) is 0.786. The molecule has 0 aliphatic heterocycles. The average Bonchev–Trinajstić information content (AvgIpc) is 2.86. The molecule has 106 valence electrons. The van der Waals surface area contributed by atoms with Gasteiger partial charge in [-0.3, -0.25) is 4.79 Å². The molecule has 0 aliphatic carbocycles. The maximum atomic E-state index is 10.7. The number of aromatic nitrogens is 3. The van der Waals surface area contributed by atoms with Gasteiger partial charge in [0.15, 0.2) is 0 Å². The number of carboxylic acids is 1. The van der Waals surface area contributed by atoms with Crippen molar-refractivity contribution in [2.75, 3.05) is 7.11 Å². The van der Waals surface area contributed by atoms with Crippen molar-refractivity contribution in [1.29, 1.82) is 0 Å². The summed E-state index contributed by atoms with van der Waals surface area (Å²) in [6.45, 7) is 0.555. The molecule has 3 N–H and O–H groups in total. The van der Waals surface area contributed by atoms with Crippen molar-refractivity contribution in [3.63, 3.8) is 0 Å². The highest BCUT2D eigenvalue weighted by atomic mass is 16.5. The Kier molecular flexibility index (Phi) is 4.31. The SMILES string of the molecule is COc1ccc(Cn2cc(CC(N)C(=O)O)nn2)cc1. The molecule has 1 unspecified atom stereocenters. The number of carbonyl (C=O) groups is 1. The van der Waals surface area contributed by atoms with E-state index in [0.717, 1.165) is 11.3 Å². The Hall–Kier alpha value is -2.41. The van der Waals surface area contributed by atoms with Gasteiger partial charge in [-0.15, -0.1) is 5.10 Å². The standard InChI is InChI=1S/C13H16N4O3/c1-20-11-4-2-9(3-5-11)7-17-8-10(15-16-17)6-12(14)13(18)19/h2-5,8,12H,6-7,14H2,1H3,(H,18,19). The summed E-state index contributed by atoms with van der Waals surface area (Å²) in [6.07, 6.45) is 1.87. The van der Waals surface area contributed by atoms with E-state index in [1.807, 2.05) is 24.3 Å². The maximum absolute atomic E-state index is 10.7. The van der Waals surface area contributed by atoms with E-state index in [4.69, 9.17) is 15.6 Å². The van der Waals surface area contributed by atoms with Gasteiger partial charge in [0, 0.05) is 12.6 Å². The zero-order chi connectivity index (χ0) is 14.5. The summed E-state index contributed by atoms with van der Waals surface area (Å²) in [5.41, 5.74) is 7.06. The largest absolute Gasteiger partial charge is 0.497 e. The number of aliphatic carboxylic acids is 1. The number of rotatable bonds is 6. The molecule has 7 heteroatoms. The molecule has 20 heavy (non-hydrogen) atoms. The van der Waals surface area contributed by atoms with Crippen LogP contribution in [-0.4, -0.2) is 39.2 Å². The Morgan fingerprint density at radius 3 is 2.75 bits per heavy atom. The van der Waals surface area contributed by atoms with E-state index in [9.17, 15) is 4.79 Å². The van der Waals surface area contributed by atoms with Crippen molar-refractivity contribution in [1.82, 2.24) is 15.0 Å². The molecule has 0 bridgehead atoms. The van der Waals surface area contributed by atoms with Crippen LogP contribution in [0.3, 0.4) is 0 Å². The van der Waals surface area contributed by atoms with Gasteiger partial charge in [0.25, 0.3) is 0 Å². The fraction of sp³-hybridized carbons (Fsp3) is 0.308. The van der Waals surface area contributed by atoms with Gasteiger partial charge in [-0.25, -0.2) is 4.68 Å². The molecule has 0 radical (unpaired) electrons. The predicted molar refractivity (Wildman–Crippen MR) is 71.4 cm³/mol. The molecule has 1 aromatic heterocycles. The number of methoxy groups -OCH3 is 1. The van der Waals surface area contributed by atoms with E-state index in [0.29, 0.717) is 12.2 Å². The summed E-state index contributed by atoms with van der Waals surface area (Å²) in [7, 11) is 1.62. The zero-order valence-electron chi connectivity index (χ0n) is 11.1. The topological polar surface area (TPSA) is 103 Å². The van der Waals surface area contributed by atoms with Crippen LogP contribution in [0.25, 0.3) is 0 Å². The van der Waals surface area contributed by atoms with Crippen molar-refractivity contribution < 1.29 is 14.6 Å². The summed E-state index contributed by atoms with van der Waals surface area (Å²) in [4.78, 5) is 10.7. The summed E-state index contributed by atoms with van der Waals surface area (Å²) >= 11 is 0. The second kappa shape index (κ2) is 6.16. The minimum Gasteiger partial charge on any atom is -0.497 e. The number of nitrogens with two attached hydrogens (primary N) is 1. The van der Waals surface area contributed by atoms with Crippen LogP contribution in [0.1, 0.15) is 11.3 Å². The third-order valence-corrected chi connectivity index (χ3v) is 2.84. The highest BCUT2D eigenvalue weighted by molar-refractivity contribution is 5.73. The molecule has 0 saturated heterocycles. The lowest BCUT2D eigenvalue weighted by atomic mass is 10.2. The first-order chi connectivity index (χ1) is 9.58. The lowest BCUT2D eigenvalue weighted by Gasteiger charge is -2.03. The summed E-state index contributed by atoms with van der Waals surface area (Å²) in [5.74, 6) is -0.254. The normalized spacial score (nSPS) is 12.1. The van der Waals surface area contributed by atoms with E-state index < -0.39 is 12.0 Å². The van der Waals surface area contributed by atoms with E-state index in [2.05, 4.69) is 10.3 Å². The second-order valence-corrected chi connectivity index (χ2v) is 4.40. The third-order valence-electron chi connectivity index (χ3n) is 2.84. The lowest BCUT2D eigenvalue weighted by Crippen LogP contribution is -2.32. The predicted octanol–water partition coefficient (Wildman–Crippen LogP) is 0.289. The van der Waals surface area contributed by atoms with Crippen molar-refractivity contribution in [2.24, 2.45) is 5.73 Å². The van der Waals surface area contributed by atoms with Gasteiger partial charge in [0.2, 0.25) is 0 Å². The highest BCUT2D eigenvalue weighted by Crippen LogP contribution is 2.12. The number of nitrogens with zero attached hydrogens (tertiary/aromatic N) is 3. The molecule has 0 fully saturated rings. The van der Waals surface area contributed by atoms with Crippen LogP contribution >= 0.6 is 0 Å². The molecule has 2 aromatic rings. The summed E-state index contributed by atoms with van der Waals surface area (Å²) < 4.78 is 6.73. The Morgan fingerprint density at radius 2 is 2.15 bits per heavy atom. The molecule has 2 rings (SSSR count). The van der Waals surface area contributed by atoms with Crippen LogP contribution in [0, 0.1) is 0 Å². The average molecular weight is 276 g/mol. The van der Waals surface area contributed by atoms with Gasteiger partial charge in [0.1, 0.15) is 11.8 Å². The van der Waals surface area contributed by atoms with Gasteiger partial charge in [-0.05, 0) is 17.7 Å². The van der Waals surface area contributed by atoms with Crippen molar-refractivity contribution in [3.05, 3.63) is 41.7 Å². The van der Waals surface area contributed by atoms with Gasteiger partial charge >= 0.3 is 5.97 Å². The first kappa shape index (κ1) is 14.0. The Labute approximate surface area is 116 Å². The maximum Gasteiger partial charge on any atom is 0.320 e. The summed E-state index contributed by atoms with van der Waals surface area (Å²) in [6, 6.07) is 6.65. The first-order valence-corrected chi connectivity index (χ1v) is 6.09. The number of carboxylic acid groups (broad SMARTS) is 1. The fourth-order valence-electron chi connectivity index (χ4n) is 1.74. The highest BCUT2D eigenvalue weighted by Gasteiger charge is 2.14. The van der Waals surface area contributed by atoms with Gasteiger partial charge in [0.05, 0.1) is 19.3 Å². The van der Waals surface area contributed by atoms with Crippen LogP contribution < -0.4 is 10.5 Å². The second-order valence-electron chi connectivity index (χ2n) is 4.40. The minimum atomic E-state index is -1.05. The zero-order valence-corrected chi connectivity index (χ0v) is 11.1. The van der Waals surface area contributed by atoms with Gasteiger partial charge < -0.3 is 15.6 Å². The van der Waals surface area contributed by atoms with Crippen molar-refractivity contribution >= 4 is 5.97 Å². The smallest absolute Gasteiger partial charge is 0.320 e. The molecule has 1 heterocycles. The van der Waals surface area contributed by atoms with Crippen LogP contribution in [-0.2, 0) is 17.8 Å². The molecular weight excluding hydrogens is 260 g/mol. The third kappa shape index (κ3) is 3.55. The summed E-state index contributed by atoms with van der Waals surface area (Å²) in [5, 5.41) is 16.6. The number of hydrogen-bond acceptors (Lipinski definition) is 5. The van der Waals surface area contributed by atoms with E-state index in [1.54, 1.807) is 18.0 Å². The van der Waals surface area contributed by atoms with Crippen molar-refractivity contribution in [2.45, 2.75) is 19.0 Å². The molecule has 1 atom stereocenters.